The smallest absolute Gasteiger partial charge is 0 e. The fourth-order valence-electron chi connectivity index (χ4n) is 0.531. The number of nitrogens with zero attached hydrogens (tertiary/aromatic N) is 1. The second-order valence-electron chi connectivity index (χ2n) is 2.40. The average Bonchev–Trinajstić information content (AvgIpc) is 1.84. The SMILES string of the molecule is [CH2-]N(C(C)=[C-]C)C(C)C.[CH3-].[Y].[Y]. The molecule has 0 heterocycles. The Kier molecular flexibility index (Phi) is 25.0. The van der Waals surface area contributed by atoms with E-state index in [9.17, 15) is 0 Å². The molecule has 0 aliphatic rings. The molecule has 0 aliphatic carbocycles. The first kappa shape index (κ1) is 23.5. The van der Waals surface area contributed by atoms with Crippen LogP contribution in [0.3, 0.4) is 0 Å². The standard InChI is InChI=1S/C8H15N.CH3.2Y/c1-6-8(4)9(5)7(2)3;;;/h7H,5H2,1-4H3;1H3;;/q-2;-1;;. The van der Waals surface area contributed by atoms with Gasteiger partial charge in [0.2, 0.25) is 0 Å². The molecule has 68 valence electrons. The van der Waals surface area contributed by atoms with Crippen LogP contribution in [-0.2, 0) is 65.4 Å². The van der Waals surface area contributed by atoms with Crippen LogP contribution in [0, 0.1) is 20.6 Å². The number of hydrogen-bond donors (Lipinski definition) is 0. The summed E-state index contributed by atoms with van der Waals surface area (Å²) in [6.07, 6.45) is 3.03. The molecule has 0 bridgehead atoms. The summed E-state index contributed by atoms with van der Waals surface area (Å²) >= 11 is 0. The first-order chi connectivity index (χ1) is 4.09. The Labute approximate surface area is 129 Å². The van der Waals surface area contributed by atoms with Gasteiger partial charge in [0.15, 0.2) is 0 Å². The second-order valence-corrected chi connectivity index (χ2v) is 2.40. The van der Waals surface area contributed by atoms with Gasteiger partial charge < -0.3 is 18.4 Å². The van der Waals surface area contributed by atoms with Crippen LogP contribution in [0.15, 0.2) is 5.70 Å². The topological polar surface area (TPSA) is 3.24 Å². The van der Waals surface area contributed by atoms with Crippen LogP contribution >= 0.6 is 0 Å². The molecule has 3 heteroatoms. The van der Waals surface area contributed by atoms with Crippen molar-refractivity contribution < 1.29 is 65.4 Å². The summed E-state index contributed by atoms with van der Waals surface area (Å²) in [4.78, 5) is 1.94. The number of rotatable bonds is 2. The quantitative estimate of drug-likeness (QED) is 0.708. The average molecular weight is 318 g/mol. The Morgan fingerprint density at radius 1 is 1.33 bits per heavy atom. The Bertz CT molecular complexity index is 111. The van der Waals surface area contributed by atoms with Gasteiger partial charge in [-0.2, -0.15) is 6.92 Å². The van der Waals surface area contributed by atoms with Crippen LogP contribution in [0.25, 0.3) is 0 Å². The molecule has 1 nitrogen and oxygen atoms in total. The van der Waals surface area contributed by atoms with Gasteiger partial charge in [-0.15, -0.1) is 0 Å². The van der Waals surface area contributed by atoms with Gasteiger partial charge in [-0.25, -0.2) is 5.70 Å². The molecule has 0 spiro atoms. The molecule has 0 aliphatic heterocycles. The maximum atomic E-state index is 3.84. The third-order valence-corrected chi connectivity index (χ3v) is 1.42. The van der Waals surface area contributed by atoms with Crippen molar-refractivity contribution in [2.75, 3.05) is 0 Å². The minimum absolute atomic E-state index is 0. The third kappa shape index (κ3) is 9.83. The van der Waals surface area contributed by atoms with Crippen LogP contribution in [0.4, 0.5) is 0 Å². The van der Waals surface area contributed by atoms with E-state index < -0.39 is 0 Å². The predicted molar refractivity (Wildman–Crippen MR) is 46.9 cm³/mol. The molecule has 0 rings (SSSR count). The zero-order valence-electron chi connectivity index (χ0n) is 8.89. The molecule has 0 saturated carbocycles. The Balaban J connectivity index is -0.000000107. The number of hydrogen-bond acceptors (Lipinski definition) is 1. The fraction of sp³-hybridized carbons (Fsp3) is 0.556. The van der Waals surface area contributed by atoms with Gasteiger partial charge in [-0.1, -0.05) is 6.92 Å². The van der Waals surface area contributed by atoms with Crippen LogP contribution in [0.2, 0.25) is 0 Å². The van der Waals surface area contributed by atoms with Crippen molar-refractivity contribution in [3.05, 3.63) is 26.2 Å². The zero-order valence-corrected chi connectivity index (χ0v) is 14.6. The van der Waals surface area contributed by atoms with E-state index in [0.717, 1.165) is 5.70 Å². The van der Waals surface area contributed by atoms with Crippen LogP contribution in [-0.4, -0.2) is 10.9 Å². The largest absolute Gasteiger partial charge is 0.555 e. The molecular formula is C9H18NY2-3. The first-order valence-electron chi connectivity index (χ1n) is 3.20. The summed E-state index contributed by atoms with van der Waals surface area (Å²) in [5, 5.41) is 0. The molecule has 0 amide bonds. The molecule has 0 aromatic carbocycles. The van der Waals surface area contributed by atoms with Gasteiger partial charge >= 0.3 is 0 Å². The van der Waals surface area contributed by atoms with Crippen molar-refractivity contribution >= 4 is 0 Å². The molecule has 0 atom stereocenters. The van der Waals surface area contributed by atoms with Gasteiger partial charge in [-0.05, 0) is 19.9 Å². The molecular weight excluding hydrogens is 300 g/mol. The van der Waals surface area contributed by atoms with Crippen LogP contribution < -0.4 is 0 Å². The summed E-state index contributed by atoms with van der Waals surface area (Å²) in [6.45, 7) is 8.12. The summed E-state index contributed by atoms with van der Waals surface area (Å²) < 4.78 is 0. The van der Waals surface area contributed by atoms with Crippen molar-refractivity contribution in [3.63, 3.8) is 0 Å². The maximum Gasteiger partial charge on any atom is 0 e. The van der Waals surface area contributed by atoms with Crippen molar-refractivity contribution in [1.29, 1.82) is 0 Å². The van der Waals surface area contributed by atoms with E-state index in [1.54, 1.807) is 0 Å². The molecule has 2 radical (unpaired) electrons. The number of allylic oxidation sites excluding steroid dienone is 2. The van der Waals surface area contributed by atoms with Crippen molar-refractivity contribution in [2.45, 2.75) is 33.7 Å². The molecule has 12 heavy (non-hydrogen) atoms. The van der Waals surface area contributed by atoms with Crippen LogP contribution in [0.5, 0.6) is 0 Å². The van der Waals surface area contributed by atoms with E-state index in [1.165, 1.54) is 0 Å². The normalized spacial score (nSPS) is 9.33. The van der Waals surface area contributed by atoms with Crippen LogP contribution in [0.1, 0.15) is 27.7 Å². The summed E-state index contributed by atoms with van der Waals surface area (Å²) in [7, 11) is 3.84. The monoisotopic (exact) mass is 318 g/mol. The van der Waals surface area contributed by atoms with E-state index in [0.29, 0.717) is 6.04 Å². The Morgan fingerprint density at radius 3 is 1.75 bits per heavy atom. The molecule has 0 aromatic heterocycles. The molecule has 0 unspecified atom stereocenters. The second kappa shape index (κ2) is 12.7. The van der Waals surface area contributed by atoms with E-state index in [2.05, 4.69) is 27.0 Å². The maximum absolute atomic E-state index is 3.84. The van der Waals surface area contributed by atoms with Gasteiger partial charge in [0, 0.05) is 65.4 Å². The van der Waals surface area contributed by atoms with Gasteiger partial charge in [0.1, 0.15) is 0 Å². The van der Waals surface area contributed by atoms with Crippen molar-refractivity contribution in [3.8, 4) is 0 Å². The molecule has 0 saturated heterocycles. The van der Waals surface area contributed by atoms with Gasteiger partial charge in [0.05, 0.1) is 0 Å². The van der Waals surface area contributed by atoms with Crippen molar-refractivity contribution in [2.24, 2.45) is 0 Å². The van der Waals surface area contributed by atoms with E-state index in [-0.39, 0.29) is 72.8 Å². The fourth-order valence-corrected chi connectivity index (χ4v) is 0.531. The minimum Gasteiger partial charge on any atom is -0.555 e. The predicted octanol–water partition coefficient (Wildman–Crippen LogP) is 2.66. The Hall–Kier alpha value is 1.75. The summed E-state index contributed by atoms with van der Waals surface area (Å²) in [5.74, 6) is 0. The molecule has 0 fully saturated rings. The first-order valence-corrected chi connectivity index (χ1v) is 3.20. The van der Waals surface area contributed by atoms with E-state index in [1.807, 2.05) is 18.7 Å². The van der Waals surface area contributed by atoms with Crippen molar-refractivity contribution in [1.82, 2.24) is 4.90 Å². The van der Waals surface area contributed by atoms with Gasteiger partial charge in [0.25, 0.3) is 0 Å². The zero-order chi connectivity index (χ0) is 7.44. The van der Waals surface area contributed by atoms with Gasteiger partial charge in [-0.3, -0.25) is 7.05 Å². The molecule has 0 aromatic rings. The third-order valence-electron chi connectivity index (χ3n) is 1.42. The Morgan fingerprint density at radius 2 is 1.67 bits per heavy atom. The molecule has 0 N–H and O–H groups in total. The van der Waals surface area contributed by atoms with E-state index >= 15 is 0 Å². The van der Waals surface area contributed by atoms with E-state index in [4.69, 9.17) is 0 Å². The summed E-state index contributed by atoms with van der Waals surface area (Å²) in [6, 6.07) is 0.470. The minimum atomic E-state index is 0. The summed E-state index contributed by atoms with van der Waals surface area (Å²) in [5.41, 5.74) is 1.10.